The fourth-order valence-corrected chi connectivity index (χ4v) is 8.29. The van der Waals surface area contributed by atoms with Gasteiger partial charge in [0, 0.05) is 19.3 Å². The van der Waals surface area contributed by atoms with Gasteiger partial charge in [0.05, 0.1) is 0 Å². The topological polar surface area (TPSA) is 78.9 Å². The van der Waals surface area contributed by atoms with Gasteiger partial charge in [-0.25, -0.2) is 0 Å². The molecule has 0 fully saturated rings. The van der Waals surface area contributed by atoms with Gasteiger partial charge < -0.3 is 14.2 Å². The summed E-state index contributed by atoms with van der Waals surface area (Å²) in [5.74, 6) is -0.878. The molecule has 0 aromatic carbocycles. The summed E-state index contributed by atoms with van der Waals surface area (Å²) in [6.07, 6.45) is 64.1. The van der Waals surface area contributed by atoms with Crippen molar-refractivity contribution in [2.24, 2.45) is 0 Å². The minimum Gasteiger partial charge on any atom is -0.462 e. The highest BCUT2D eigenvalue weighted by Crippen LogP contribution is 2.16. The number of ether oxygens (including phenoxy) is 3. The third kappa shape index (κ3) is 52.5. The van der Waals surface area contributed by atoms with Crippen LogP contribution in [0.3, 0.4) is 0 Å². The van der Waals surface area contributed by atoms with E-state index in [2.05, 4.69) is 57.2 Å². The molecule has 0 saturated carbocycles. The Balaban J connectivity index is 4.37. The molecule has 65 heavy (non-hydrogen) atoms. The number of unbranched alkanes of at least 4 members (excludes halogenated alkanes) is 35. The molecule has 0 N–H and O–H groups in total. The van der Waals surface area contributed by atoms with E-state index in [0.29, 0.717) is 19.3 Å². The monoisotopic (exact) mass is 913 g/mol. The lowest BCUT2D eigenvalue weighted by molar-refractivity contribution is -0.167. The number of hydrogen-bond donors (Lipinski definition) is 0. The van der Waals surface area contributed by atoms with Crippen molar-refractivity contribution >= 4 is 17.9 Å². The summed E-state index contributed by atoms with van der Waals surface area (Å²) in [6, 6.07) is 0. The largest absolute Gasteiger partial charge is 0.462 e. The summed E-state index contributed by atoms with van der Waals surface area (Å²) in [5, 5.41) is 0. The Kier molecular flexibility index (Phi) is 52.3. The highest BCUT2D eigenvalue weighted by Gasteiger charge is 2.19. The normalized spacial score (nSPS) is 12.2. The maximum Gasteiger partial charge on any atom is 0.306 e. The van der Waals surface area contributed by atoms with E-state index < -0.39 is 6.10 Å². The van der Waals surface area contributed by atoms with E-state index in [1.165, 1.54) is 180 Å². The molecule has 0 aliphatic rings. The van der Waals surface area contributed by atoms with Crippen LogP contribution in [0.15, 0.2) is 36.5 Å². The van der Waals surface area contributed by atoms with E-state index in [9.17, 15) is 14.4 Å². The number of allylic oxidation sites excluding steroid dienone is 6. The van der Waals surface area contributed by atoms with Crippen molar-refractivity contribution in [1.29, 1.82) is 0 Å². The van der Waals surface area contributed by atoms with Crippen LogP contribution >= 0.6 is 0 Å². The van der Waals surface area contributed by atoms with Crippen LogP contribution in [0.5, 0.6) is 0 Å². The molecule has 0 amide bonds. The molecule has 380 valence electrons. The third-order valence-electron chi connectivity index (χ3n) is 12.6. The standard InChI is InChI=1S/C59H108O6/c1-4-7-10-13-16-19-22-25-28-29-32-34-37-40-43-46-49-52-58(61)64-55-56(65-59(62)53-50-47-44-41-38-35-31-27-24-21-18-15-12-9-6-3)54-63-57(60)51-48-45-42-39-36-33-30-26-23-20-17-14-11-8-5-2/h18,21,25,27-28,31,56H,4-17,19-20,22-24,26,29-30,32-55H2,1-3H3/b21-18-,28-25-,31-27-/t56-/m0/s1. The van der Waals surface area contributed by atoms with E-state index in [0.717, 1.165) is 83.5 Å². The summed E-state index contributed by atoms with van der Waals surface area (Å²) in [5.41, 5.74) is 0. The quantitative estimate of drug-likeness (QED) is 0.0262. The van der Waals surface area contributed by atoms with Crippen LogP contribution in [-0.2, 0) is 28.6 Å². The van der Waals surface area contributed by atoms with Crippen LogP contribution in [0.4, 0.5) is 0 Å². The van der Waals surface area contributed by atoms with Crippen molar-refractivity contribution in [3.63, 3.8) is 0 Å². The summed E-state index contributed by atoms with van der Waals surface area (Å²) in [6.45, 7) is 6.63. The van der Waals surface area contributed by atoms with E-state index in [1.807, 2.05) is 0 Å². The van der Waals surface area contributed by atoms with Crippen LogP contribution in [0.2, 0.25) is 0 Å². The summed E-state index contributed by atoms with van der Waals surface area (Å²) in [4.78, 5) is 38.1. The molecular weight excluding hydrogens is 805 g/mol. The lowest BCUT2D eigenvalue weighted by Crippen LogP contribution is -2.30. The zero-order valence-corrected chi connectivity index (χ0v) is 43.5. The second-order valence-electron chi connectivity index (χ2n) is 19.2. The molecule has 6 heteroatoms. The molecule has 0 unspecified atom stereocenters. The van der Waals surface area contributed by atoms with Gasteiger partial charge in [-0.15, -0.1) is 0 Å². The first-order valence-corrected chi connectivity index (χ1v) is 28.5. The van der Waals surface area contributed by atoms with Crippen molar-refractivity contribution in [2.45, 2.75) is 309 Å². The average molecular weight is 914 g/mol. The van der Waals surface area contributed by atoms with Crippen LogP contribution in [-0.4, -0.2) is 37.2 Å². The predicted octanol–water partition coefficient (Wildman–Crippen LogP) is 18.9. The van der Waals surface area contributed by atoms with E-state index in [1.54, 1.807) is 0 Å². The van der Waals surface area contributed by atoms with Crippen LogP contribution in [0.25, 0.3) is 0 Å². The number of esters is 3. The number of carbonyl (C=O) groups is 3. The number of hydrogen-bond acceptors (Lipinski definition) is 6. The van der Waals surface area contributed by atoms with Crippen LogP contribution in [0, 0.1) is 0 Å². The van der Waals surface area contributed by atoms with Gasteiger partial charge in [0.2, 0.25) is 0 Å². The molecule has 0 saturated heterocycles. The fourth-order valence-electron chi connectivity index (χ4n) is 8.29. The SMILES string of the molecule is CCCCC/C=C\C/C=C\CCCCCCCC(=O)O[C@H](COC(=O)CCCCCCCCC/C=C\CCCCCCCC)COC(=O)CCCCCCCCCCCCCCCCC. The molecule has 0 spiro atoms. The Morgan fingerprint density at radius 2 is 0.554 bits per heavy atom. The molecule has 0 aromatic rings. The van der Waals surface area contributed by atoms with E-state index in [-0.39, 0.29) is 31.1 Å². The highest BCUT2D eigenvalue weighted by atomic mass is 16.6. The summed E-state index contributed by atoms with van der Waals surface area (Å²) in [7, 11) is 0. The maximum atomic E-state index is 12.8. The first kappa shape index (κ1) is 62.6. The van der Waals surface area contributed by atoms with Gasteiger partial charge in [0.25, 0.3) is 0 Å². The van der Waals surface area contributed by atoms with Crippen molar-refractivity contribution < 1.29 is 28.6 Å². The molecule has 0 radical (unpaired) electrons. The predicted molar refractivity (Wildman–Crippen MR) is 279 cm³/mol. The van der Waals surface area contributed by atoms with Gasteiger partial charge in [0.15, 0.2) is 6.10 Å². The Labute approximate surface area is 404 Å². The Morgan fingerprint density at radius 1 is 0.308 bits per heavy atom. The molecule has 0 bridgehead atoms. The Bertz CT molecular complexity index is 1090. The minimum atomic E-state index is -0.778. The second kappa shape index (κ2) is 54.2. The number of carbonyl (C=O) groups excluding carboxylic acids is 3. The summed E-state index contributed by atoms with van der Waals surface area (Å²) >= 11 is 0. The summed E-state index contributed by atoms with van der Waals surface area (Å²) < 4.78 is 16.9. The average Bonchev–Trinajstić information content (AvgIpc) is 3.30. The molecular formula is C59H108O6. The van der Waals surface area contributed by atoms with Gasteiger partial charge in [-0.05, 0) is 77.0 Å². The lowest BCUT2D eigenvalue weighted by atomic mass is 10.0. The van der Waals surface area contributed by atoms with Gasteiger partial charge in [-0.1, -0.05) is 243 Å². The van der Waals surface area contributed by atoms with Gasteiger partial charge in [-0.2, -0.15) is 0 Å². The smallest absolute Gasteiger partial charge is 0.306 e. The number of rotatable bonds is 52. The van der Waals surface area contributed by atoms with Gasteiger partial charge >= 0.3 is 17.9 Å². The van der Waals surface area contributed by atoms with Crippen molar-refractivity contribution in [2.75, 3.05) is 13.2 Å². The van der Waals surface area contributed by atoms with Gasteiger partial charge in [-0.3, -0.25) is 14.4 Å². The van der Waals surface area contributed by atoms with E-state index >= 15 is 0 Å². The van der Waals surface area contributed by atoms with Crippen LogP contribution < -0.4 is 0 Å². The molecule has 0 heterocycles. The van der Waals surface area contributed by atoms with Crippen molar-refractivity contribution in [3.8, 4) is 0 Å². The molecule has 0 aliphatic carbocycles. The van der Waals surface area contributed by atoms with Gasteiger partial charge in [0.1, 0.15) is 13.2 Å². The molecule has 6 nitrogen and oxygen atoms in total. The molecule has 0 rings (SSSR count). The molecule has 0 aromatic heterocycles. The Morgan fingerprint density at radius 3 is 0.892 bits per heavy atom. The first-order valence-electron chi connectivity index (χ1n) is 28.5. The zero-order chi connectivity index (χ0) is 47.2. The fraction of sp³-hybridized carbons (Fsp3) is 0.847. The van der Waals surface area contributed by atoms with E-state index in [4.69, 9.17) is 14.2 Å². The van der Waals surface area contributed by atoms with Crippen LogP contribution in [0.1, 0.15) is 303 Å². The molecule has 0 aliphatic heterocycles. The Hall–Kier alpha value is -2.37. The zero-order valence-electron chi connectivity index (χ0n) is 43.5. The first-order chi connectivity index (χ1) is 32.0. The third-order valence-corrected chi connectivity index (χ3v) is 12.6. The maximum absolute atomic E-state index is 12.8. The lowest BCUT2D eigenvalue weighted by Gasteiger charge is -2.18. The second-order valence-corrected chi connectivity index (χ2v) is 19.2. The van der Waals surface area contributed by atoms with Crippen molar-refractivity contribution in [3.05, 3.63) is 36.5 Å². The van der Waals surface area contributed by atoms with Crippen molar-refractivity contribution in [1.82, 2.24) is 0 Å². The highest BCUT2D eigenvalue weighted by molar-refractivity contribution is 5.71. The molecule has 1 atom stereocenters. The minimum absolute atomic E-state index is 0.0757.